The Kier molecular flexibility index (Phi) is 9.97. The molecule has 11 aromatic rings. The average Bonchev–Trinajstić information content (AvgIpc) is 3.37. The second-order valence-corrected chi connectivity index (χ2v) is 16.1. The maximum atomic E-state index is 2.48. The van der Waals surface area contributed by atoms with Gasteiger partial charge in [0.25, 0.3) is 0 Å². The van der Waals surface area contributed by atoms with Gasteiger partial charge >= 0.3 is 0 Å². The summed E-state index contributed by atoms with van der Waals surface area (Å²) in [6.45, 7) is 0. The molecule has 0 N–H and O–H groups in total. The molecule has 0 heterocycles. The molecule has 0 radical (unpaired) electrons. The van der Waals surface area contributed by atoms with Crippen LogP contribution in [-0.4, -0.2) is 0 Å². The minimum Gasteiger partial charge on any atom is -0.309 e. The number of rotatable bonds is 9. The molecule has 0 amide bonds. The standard InChI is InChI=1S/C62H43N/c1-4-20-44(21-5-1)49-40-50(45-22-6-2-7-23-45)42-51(41-49)46-36-38-52(39-37-46)63(62-43-48-26-10-11-28-54(48)56-30-16-17-34-60(56)62)61-35-19-18-33-59(61)58-32-15-14-31-57(58)55-29-13-12-27-53(55)47-24-8-3-9-25-47/h1-43H. The first-order valence-corrected chi connectivity index (χ1v) is 21.7. The first-order valence-electron chi connectivity index (χ1n) is 21.7. The van der Waals surface area contributed by atoms with E-state index in [2.05, 4.69) is 266 Å². The topological polar surface area (TPSA) is 3.24 Å². The molecule has 0 aliphatic rings. The van der Waals surface area contributed by atoms with Crippen molar-refractivity contribution in [3.63, 3.8) is 0 Å². The normalized spacial score (nSPS) is 11.2. The molecule has 11 rings (SSSR count). The van der Waals surface area contributed by atoms with Gasteiger partial charge in [0, 0.05) is 16.6 Å². The molecule has 1 heteroatoms. The van der Waals surface area contributed by atoms with E-state index in [9.17, 15) is 0 Å². The largest absolute Gasteiger partial charge is 0.309 e. The summed E-state index contributed by atoms with van der Waals surface area (Å²) in [6, 6.07) is 94.7. The van der Waals surface area contributed by atoms with Gasteiger partial charge in [0.05, 0.1) is 11.4 Å². The molecule has 11 aromatic carbocycles. The van der Waals surface area contributed by atoms with E-state index in [1.165, 1.54) is 77.2 Å². The van der Waals surface area contributed by atoms with E-state index in [-0.39, 0.29) is 0 Å². The first kappa shape index (κ1) is 37.7. The van der Waals surface area contributed by atoms with Crippen molar-refractivity contribution in [1.82, 2.24) is 0 Å². The van der Waals surface area contributed by atoms with Crippen LogP contribution in [0.25, 0.3) is 88.3 Å². The zero-order valence-electron chi connectivity index (χ0n) is 34.8. The van der Waals surface area contributed by atoms with Crippen LogP contribution < -0.4 is 4.90 Å². The highest BCUT2D eigenvalue weighted by Crippen LogP contribution is 2.48. The second kappa shape index (κ2) is 16.7. The van der Waals surface area contributed by atoms with Gasteiger partial charge in [0.15, 0.2) is 0 Å². The molecule has 0 atom stereocenters. The molecular formula is C62H43N. The summed E-state index contributed by atoms with van der Waals surface area (Å²) < 4.78 is 0. The van der Waals surface area contributed by atoms with Gasteiger partial charge in [-0.25, -0.2) is 0 Å². The summed E-state index contributed by atoms with van der Waals surface area (Å²) in [5.74, 6) is 0. The van der Waals surface area contributed by atoms with Crippen molar-refractivity contribution in [3.05, 3.63) is 261 Å². The lowest BCUT2D eigenvalue weighted by molar-refractivity contribution is 1.30. The van der Waals surface area contributed by atoms with E-state index < -0.39 is 0 Å². The van der Waals surface area contributed by atoms with E-state index in [1.807, 2.05) is 0 Å². The van der Waals surface area contributed by atoms with E-state index in [1.54, 1.807) is 0 Å². The van der Waals surface area contributed by atoms with Gasteiger partial charge in [-0.05, 0) is 120 Å². The summed E-state index contributed by atoms with van der Waals surface area (Å²) in [7, 11) is 0. The van der Waals surface area contributed by atoms with Crippen molar-refractivity contribution < 1.29 is 0 Å². The third kappa shape index (κ3) is 7.26. The number of para-hydroxylation sites is 1. The Bertz CT molecular complexity index is 3310. The van der Waals surface area contributed by atoms with Gasteiger partial charge in [0.1, 0.15) is 0 Å². The van der Waals surface area contributed by atoms with E-state index in [4.69, 9.17) is 0 Å². The Balaban J connectivity index is 1.11. The summed E-state index contributed by atoms with van der Waals surface area (Å²) in [6.07, 6.45) is 0. The molecule has 0 bridgehead atoms. The van der Waals surface area contributed by atoms with Gasteiger partial charge in [-0.3, -0.25) is 0 Å². The number of benzene rings is 11. The van der Waals surface area contributed by atoms with Crippen LogP contribution >= 0.6 is 0 Å². The first-order chi connectivity index (χ1) is 31.3. The summed E-state index contributed by atoms with van der Waals surface area (Å²) in [4.78, 5) is 2.48. The predicted molar refractivity (Wildman–Crippen MR) is 269 cm³/mol. The SMILES string of the molecule is c1ccc(-c2cc(-c3ccccc3)cc(-c3ccc(N(c4ccccc4-c4ccccc4-c4ccccc4-c4ccccc4)c4cc5ccccc5c5ccccc45)cc3)c2)cc1. The highest BCUT2D eigenvalue weighted by Gasteiger charge is 2.22. The highest BCUT2D eigenvalue weighted by atomic mass is 15.1. The molecule has 0 aliphatic heterocycles. The fraction of sp³-hybridized carbons (Fsp3) is 0. The molecule has 1 nitrogen and oxygen atoms in total. The monoisotopic (exact) mass is 801 g/mol. The lowest BCUT2D eigenvalue weighted by Crippen LogP contribution is -2.12. The lowest BCUT2D eigenvalue weighted by atomic mass is 9.88. The van der Waals surface area contributed by atoms with Gasteiger partial charge in [-0.1, -0.05) is 218 Å². The lowest BCUT2D eigenvalue weighted by Gasteiger charge is -2.30. The van der Waals surface area contributed by atoms with Crippen LogP contribution in [0, 0.1) is 0 Å². The molecule has 0 aromatic heterocycles. The fourth-order valence-corrected chi connectivity index (χ4v) is 9.26. The average molecular weight is 802 g/mol. The Labute approximate surface area is 369 Å². The molecule has 0 saturated carbocycles. The molecule has 63 heavy (non-hydrogen) atoms. The van der Waals surface area contributed by atoms with Crippen molar-refractivity contribution in [2.24, 2.45) is 0 Å². The van der Waals surface area contributed by atoms with Crippen LogP contribution in [0.2, 0.25) is 0 Å². The minimum atomic E-state index is 1.08. The van der Waals surface area contributed by atoms with Gasteiger partial charge < -0.3 is 4.90 Å². The smallest absolute Gasteiger partial charge is 0.0546 e. The predicted octanol–water partition coefficient (Wildman–Crippen LogP) is 17.5. The molecule has 0 fully saturated rings. The number of fused-ring (bicyclic) bond motifs is 3. The zero-order valence-corrected chi connectivity index (χ0v) is 34.8. The van der Waals surface area contributed by atoms with Crippen LogP contribution in [0.15, 0.2) is 261 Å². The number of hydrogen-bond acceptors (Lipinski definition) is 1. The van der Waals surface area contributed by atoms with Crippen molar-refractivity contribution in [2.45, 2.75) is 0 Å². The number of nitrogens with zero attached hydrogens (tertiary/aromatic N) is 1. The van der Waals surface area contributed by atoms with Gasteiger partial charge in [-0.2, -0.15) is 0 Å². The Morgan fingerprint density at radius 2 is 0.603 bits per heavy atom. The molecule has 0 aliphatic carbocycles. The van der Waals surface area contributed by atoms with Gasteiger partial charge in [-0.15, -0.1) is 0 Å². The molecule has 0 unspecified atom stereocenters. The Hall–Kier alpha value is -8.26. The number of hydrogen-bond donors (Lipinski definition) is 0. The summed E-state index contributed by atoms with van der Waals surface area (Å²) in [5, 5.41) is 4.87. The Morgan fingerprint density at radius 3 is 1.19 bits per heavy atom. The van der Waals surface area contributed by atoms with E-state index in [0.29, 0.717) is 0 Å². The van der Waals surface area contributed by atoms with Crippen molar-refractivity contribution in [2.75, 3.05) is 4.90 Å². The molecular weight excluding hydrogens is 759 g/mol. The van der Waals surface area contributed by atoms with E-state index in [0.717, 1.165) is 28.2 Å². The molecule has 296 valence electrons. The van der Waals surface area contributed by atoms with Crippen LogP contribution in [0.4, 0.5) is 17.1 Å². The van der Waals surface area contributed by atoms with Crippen LogP contribution in [0.5, 0.6) is 0 Å². The minimum absolute atomic E-state index is 1.08. The number of anilines is 3. The Morgan fingerprint density at radius 1 is 0.206 bits per heavy atom. The quantitative estimate of drug-likeness (QED) is 0.131. The third-order valence-electron chi connectivity index (χ3n) is 12.3. The maximum absolute atomic E-state index is 2.48. The molecule has 0 spiro atoms. The van der Waals surface area contributed by atoms with Crippen molar-refractivity contribution in [3.8, 4) is 66.8 Å². The van der Waals surface area contributed by atoms with Crippen molar-refractivity contribution in [1.29, 1.82) is 0 Å². The summed E-state index contributed by atoms with van der Waals surface area (Å²) >= 11 is 0. The second-order valence-electron chi connectivity index (χ2n) is 16.1. The van der Waals surface area contributed by atoms with Crippen LogP contribution in [0.3, 0.4) is 0 Å². The highest BCUT2D eigenvalue weighted by molar-refractivity contribution is 6.15. The van der Waals surface area contributed by atoms with Crippen LogP contribution in [0.1, 0.15) is 0 Å². The third-order valence-corrected chi connectivity index (χ3v) is 12.3. The zero-order chi connectivity index (χ0) is 42.0. The van der Waals surface area contributed by atoms with Gasteiger partial charge in [0.2, 0.25) is 0 Å². The van der Waals surface area contributed by atoms with E-state index >= 15 is 0 Å². The molecule has 0 saturated heterocycles. The fourth-order valence-electron chi connectivity index (χ4n) is 9.26. The van der Waals surface area contributed by atoms with Crippen LogP contribution in [-0.2, 0) is 0 Å². The van der Waals surface area contributed by atoms with Crippen molar-refractivity contribution >= 4 is 38.6 Å². The maximum Gasteiger partial charge on any atom is 0.0546 e. The summed E-state index contributed by atoms with van der Waals surface area (Å²) in [5.41, 5.74) is 17.6.